The molecule has 7 heteroatoms. The average molecular weight is 268 g/mol. The molecule has 0 radical (unpaired) electrons. The van der Waals surface area contributed by atoms with E-state index in [4.69, 9.17) is 0 Å². The average Bonchev–Trinajstić information content (AvgIpc) is 2.57. The van der Waals surface area contributed by atoms with Crippen LogP contribution in [0.5, 0.6) is 0 Å². The number of aromatic nitrogens is 2. The summed E-state index contributed by atoms with van der Waals surface area (Å²) in [6.07, 6.45) is -3.89. The zero-order valence-corrected chi connectivity index (χ0v) is 9.77. The lowest BCUT2D eigenvalue weighted by molar-refractivity contribution is -0.138. The summed E-state index contributed by atoms with van der Waals surface area (Å²) in [5.74, 6) is -2.94. The minimum Gasteiger partial charge on any atom is -0.272 e. The van der Waals surface area contributed by atoms with Gasteiger partial charge in [0.05, 0.1) is 11.3 Å². The van der Waals surface area contributed by atoms with Gasteiger partial charge in [0.2, 0.25) is 5.92 Å². The SMILES string of the molecule is CCc1nn(CC2CC(F)(F)C2)cc1C(F)(F)F. The molecule has 1 heterocycles. The number of hydrogen-bond donors (Lipinski definition) is 0. The van der Waals surface area contributed by atoms with Crippen LogP contribution in [-0.2, 0) is 19.1 Å². The summed E-state index contributed by atoms with van der Waals surface area (Å²) in [5, 5.41) is 3.82. The molecule has 1 aromatic heterocycles. The summed E-state index contributed by atoms with van der Waals surface area (Å²) in [4.78, 5) is 0. The molecular formula is C11H13F5N2. The van der Waals surface area contributed by atoms with Gasteiger partial charge in [-0.15, -0.1) is 0 Å². The quantitative estimate of drug-likeness (QED) is 0.767. The van der Waals surface area contributed by atoms with Gasteiger partial charge in [-0.3, -0.25) is 4.68 Å². The molecule has 1 aliphatic carbocycles. The van der Waals surface area contributed by atoms with Crippen molar-refractivity contribution in [1.29, 1.82) is 0 Å². The highest BCUT2D eigenvalue weighted by Crippen LogP contribution is 2.43. The maximum absolute atomic E-state index is 12.6. The van der Waals surface area contributed by atoms with Gasteiger partial charge in [0.1, 0.15) is 0 Å². The molecule has 0 aliphatic heterocycles. The van der Waals surface area contributed by atoms with E-state index in [1.165, 1.54) is 0 Å². The molecule has 0 bridgehead atoms. The summed E-state index contributed by atoms with van der Waals surface area (Å²) in [5.41, 5.74) is -0.801. The molecule has 2 nitrogen and oxygen atoms in total. The summed E-state index contributed by atoms with van der Waals surface area (Å²) in [6, 6.07) is 0. The normalized spacial score (nSPS) is 19.9. The van der Waals surface area contributed by atoms with Crippen LogP contribution in [0.25, 0.3) is 0 Å². The zero-order valence-electron chi connectivity index (χ0n) is 9.77. The minimum atomic E-state index is -4.44. The van der Waals surface area contributed by atoms with Gasteiger partial charge in [-0.2, -0.15) is 18.3 Å². The fourth-order valence-corrected chi connectivity index (χ4v) is 2.23. The van der Waals surface area contributed by atoms with E-state index in [-0.39, 0.29) is 37.4 Å². The molecule has 18 heavy (non-hydrogen) atoms. The highest BCUT2D eigenvalue weighted by atomic mass is 19.4. The van der Waals surface area contributed by atoms with Crippen molar-refractivity contribution in [2.45, 2.75) is 44.8 Å². The van der Waals surface area contributed by atoms with E-state index in [2.05, 4.69) is 5.10 Å². The number of halogens is 5. The van der Waals surface area contributed by atoms with Crippen LogP contribution >= 0.6 is 0 Å². The van der Waals surface area contributed by atoms with Gasteiger partial charge in [0.15, 0.2) is 0 Å². The molecule has 1 aliphatic rings. The van der Waals surface area contributed by atoms with Crippen LogP contribution in [-0.4, -0.2) is 15.7 Å². The van der Waals surface area contributed by atoms with Crippen molar-refractivity contribution in [3.63, 3.8) is 0 Å². The van der Waals surface area contributed by atoms with Gasteiger partial charge in [-0.1, -0.05) is 6.92 Å². The van der Waals surface area contributed by atoms with E-state index in [1.807, 2.05) is 0 Å². The molecule has 0 saturated heterocycles. The lowest BCUT2D eigenvalue weighted by Crippen LogP contribution is -2.37. The Labute approximate surface area is 101 Å². The molecule has 102 valence electrons. The maximum atomic E-state index is 12.6. The second-order valence-electron chi connectivity index (χ2n) is 4.69. The standard InChI is InChI=1S/C11H13F5N2/c1-2-9-8(11(14,15)16)6-18(17-9)5-7-3-10(12,13)4-7/h6-7H,2-5H2,1H3. The molecule has 0 unspecified atom stereocenters. The highest BCUT2D eigenvalue weighted by Gasteiger charge is 2.45. The van der Waals surface area contributed by atoms with Gasteiger partial charge in [0.25, 0.3) is 0 Å². The largest absolute Gasteiger partial charge is 0.419 e. The van der Waals surface area contributed by atoms with Gasteiger partial charge >= 0.3 is 6.18 Å². The molecular weight excluding hydrogens is 255 g/mol. The predicted molar refractivity (Wildman–Crippen MR) is 54.3 cm³/mol. The van der Waals surface area contributed by atoms with Gasteiger partial charge < -0.3 is 0 Å². The van der Waals surface area contributed by atoms with Crippen molar-refractivity contribution in [1.82, 2.24) is 9.78 Å². The Hall–Kier alpha value is -1.14. The van der Waals surface area contributed by atoms with Crippen LogP contribution in [0.4, 0.5) is 22.0 Å². The van der Waals surface area contributed by atoms with Crippen LogP contribution in [0.3, 0.4) is 0 Å². The second kappa shape index (κ2) is 4.20. The van der Waals surface area contributed by atoms with Gasteiger partial charge in [-0.25, -0.2) is 8.78 Å². The Morgan fingerprint density at radius 2 is 2.00 bits per heavy atom. The number of rotatable bonds is 3. The van der Waals surface area contributed by atoms with Crippen molar-refractivity contribution in [2.24, 2.45) is 5.92 Å². The van der Waals surface area contributed by atoms with E-state index < -0.39 is 17.7 Å². The van der Waals surface area contributed by atoms with Crippen LogP contribution < -0.4 is 0 Å². The third-order valence-corrected chi connectivity index (χ3v) is 3.10. The predicted octanol–water partition coefficient (Wildman–Crippen LogP) is 3.51. The molecule has 2 rings (SSSR count). The molecule has 0 N–H and O–H groups in total. The number of aryl methyl sites for hydroxylation is 1. The van der Waals surface area contributed by atoms with Crippen molar-refractivity contribution >= 4 is 0 Å². The fourth-order valence-electron chi connectivity index (χ4n) is 2.23. The van der Waals surface area contributed by atoms with E-state index in [1.54, 1.807) is 6.92 Å². The maximum Gasteiger partial charge on any atom is 0.419 e. The zero-order chi connectivity index (χ0) is 13.6. The number of alkyl halides is 5. The summed E-state index contributed by atoms with van der Waals surface area (Å²) >= 11 is 0. The van der Waals surface area contributed by atoms with E-state index in [0.717, 1.165) is 10.9 Å². The lowest BCUT2D eigenvalue weighted by Gasteiger charge is -2.34. The van der Waals surface area contributed by atoms with Crippen molar-refractivity contribution in [2.75, 3.05) is 0 Å². The monoisotopic (exact) mass is 268 g/mol. The van der Waals surface area contributed by atoms with Crippen molar-refractivity contribution < 1.29 is 22.0 Å². The Morgan fingerprint density at radius 1 is 1.39 bits per heavy atom. The number of nitrogens with zero attached hydrogens (tertiary/aromatic N) is 2. The highest BCUT2D eigenvalue weighted by molar-refractivity contribution is 5.20. The summed E-state index contributed by atoms with van der Waals surface area (Å²) in [6.45, 7) is 1.71. The first kappa shape index (κ1) is 13.3. The molecule has 0 atom stereocenters. The second-order valence-corrected chi connectivity index (χ2v) is 4.69. The summed E-state index contributed by atoms with van der Waals surface area (Å²) < 4.78 is 64.3. The fraction of sp³-hybridized carbons (Fsp3) is 0.727. The lowest BCUT2D eigenvalue weighted by atomic mass is 9.81. The molecule has 0 spiro atoms. The molecule has 0 aromatic carbocycles. The van der Waals surface area contributed by atoms with E-state index in [0.29, 0.717) is 0 Å². The Balaban J connectivity index is 2.09. The number of hydrogen-bond acceptors (Lipinski definition) is 1. The Morgan fingerprint density at radius 3 is 2.39 bits per heavy atom. The van der Waals surface area contributed by atoms with Gasteiger partial charge in [-0.05, 0) is 12.3 Å². The van der Waals surface area contributed by atoms with E-state index in [9.17, 15) is 22.0 Å². The topological polar surface area (TPSA) is 17.8 Å². The minimum absolute atomic E-state index is 0.0337. The first-order valence-corrected chi connectivity index (χ1v) is 5.72. The third-order valence-electron chi connectivity index (χ3n) is 3.10. The van der Waals surface area contributed by atoms with Crippen molar-refractivity contribution in [3.8, 4) is 0 Å². The molecule has 1 fully saturated rings. The third kappa shape index (κ3) is 2.64. The first-order valence-electron chi connectivity index (χ1n) is 5.72. The summed E-state index contributed by atoms with van der Waals surface area (Å²) in [7, 11) is 0. The van der Waals surface area contributed by atoms with E-state index >= 15 is 0 Å². The molecule has 1 aromatic rings. The van der Waals surface area contributed by atoms with Crippen molar-refractivity contribution in [3.05, 3.63) is 17.5 Å². The molecule has 1 saturated carbocycles. The van der Waals surface area contributed by atoms with Gasteiger partial charge in [0, 0.05) is 25.6 Å². The van der Waals surface area contributed by atoms with Crippen LogP contribution in [0.1, 0.15) is 31.0 Å². The molecule has 0 amide bonds. The Kier molecular flexibility index (Phi) is 3.11. The van der Waals surface area contributed by atoms with Crippen LogP contribution in [0.15, 0.2) is 6.20 Å². The Bertz CT molecular complexity index is 427. The smallest absolute Gasteiger partial charge is 0.272 e. The first-order chi connectivity index (χ1) is 8.21. The van der Waals surface area contributed by atoms with Crippen LogP contribution in [0.2, 0.25) is 0 Å². The van der Waals surface area contributed by atoms with Crippen LogP contribution in [0, 0.1) is 5.92 Å².